The molecular weight excluding hydrogens is 152 g/mol. The van der Waals surface area contributed by atoms with Crippen LogP contribution in [0.15, 0.2) is 0 Å². The van der Waals surface area contributed by atoms with Crippen LogP contribution in [0.3, 0.4) is 0 Å². The Labute approximate surface area is 73.3 Å². The highest BCUT2D eigenvalue weighted by Gasteiger charge is 2.47. The number of Topliss-reactive ketones (excluding diaryl/α,β-unsaturated/α-hetero) is 1. The molecule has 0 saturated heterocycles. The largest absolute Gasteiger partial charge is 0.378 e. The Bertz CT molecular complexity index is 184. The summed E-state index contributed by atoms with van der Waals surface area (Å²) in [6.07, 6.45) is 6.03. The smallest absolute Gasteiger partial charge is 0.133 e. The van der Waals surface area contributed by atoms with Crippen molar-refractivity contribution in [2.75, 3.05) is 7.11 Å². The molecule has 2 fully saturated rings. The molecule has 0 heterocycles. The van der Waals surface area contributed by atoms with E-state index < -0.39 is 0 Å². The minimum Gasteiger partial charge on any atom is -0.378 e. The minimum absolute atomic E-state index is 0.0912. The summed E-state index contributed by atoms with van der Waals surface area (Å²) < 4.78 is 5.60. The summed E-state index contributed by atoms with van der Waals surface area (Å²) in [5.41, 5.74) is 0.0912. The quantitative estimate of drug-likeness (QED) is 0.629. The average Bonchev–Trinajstić information content (AvgIpc) is 2.90. The molecule has 0 atom stereocenters. The zero-order valence-electron chi connectivity index (χ0n) is 7.64. The number of hydrogen-bond donors (Lipinski definition) is 0. The predicted molar refractivity (Wildman–Crippen MR) is 45.9 cm³/mol. The lowest BCUT2D eigenvalue weighted by molar-refractivity contribution is -0.128. The molecule has 0 aliphatic heterocycles. The second-order valence-electron chi connectivity index (χ2n) is 4.08. The lowest BCUT2D eigenvalue weighted by Gasteiger charge is -2.35. The van der Waals surface area contributed by atoms with Crippen molar-refractivity contribution in [3.63, 3.8) is 0 Å². The highest BCUT2D eigenvalue weighted by atomic mass is 16.5. The van der Waals surface area contributed by atoms with Gasteiger partial charge in [0.25, 0.3) is 0 Å². The Morgan fingerprint density at radius 3 is 2.33 bits per heavy atom. The number of methoxy groups -OCH3 is 1. The molecule has 2 heteroatoms. The fourth-order valence-electron chi connectivity index (χ4n) is 2.34. The second-order valence-corrected chi connectivity index (χ2v) is 4.08. The maximum Gasteiger partial charge on any atom is 0.133 e. The first-order valence-corrected chi connectivity index (χ1v) is 4.84. The van der Waals surface area contributed by atoms with Crippen LogP contribution >= 0.6 is 0 Å². The maximum absolute atomic E-state index is 11.1. The Kier molecular flexibility index (Phi) is 1.95. The molecule has 2 nitrogen and oxygen atoms in total. The highest BCUT2D eigenvalue weighted by Crippen LogP contribution is 2.48. The fraction of sp³-hybridized carbons (Fsp3) is 0.900. The average molecular weight is 168 g/mol. The lowest BCUT2D eigenvalue weighted by atomic mass is 9.80. The standard InChI is InChI=1S/C10H16O2/c1-12-10(8-2-3-8)6-4-9(11)5-7-10/h8H,2-7H2,1H3. The van der Waals surface area contributed by atoms with E-state index in [1.807, 2.05) is 0 Å². The monoisotopic (exact) mass is 168 g/mol. The van der Waals surface area contributed by atoms with Crippen LogP contribution < -0.4 is 0 Å². The molecular formula is C10H16O2. The minimum atomic E-state index is 0.0912. The Morgan fingerprint density at radius 1 is 1.33 bits per heavy atom. The van der Waals surface area contributed by atoms with E-state index in [4.69, 9.17) is 4.74 Å². The van der Waals surface area contributed by atoms with Gasteiger partial charge in [0.2, 0.25) is 0 Å². The number of rotatable bonds is 2. The Morgan fingerprint density at radius 2 is 1.92 bits per heavy atom. The molecule has 0 spiro atoms. The highest BCUT2D eigenvalue weighted by molar-refractivity contribution is 5.79. The van der Waals surface area contributed by atoms with Gasteiger partial charge in [-0.05, 0) is 31.6 Å². The van der Waals surface area contributed by atoms with Gasteiger partial charge < -0.3 is 4.74 Å². The van der Waals surface area contributed by atoms with Crippen molar-refractivity contribution >= 4 is 5.78 Å². The van der Waals surface area contributed by atoms with Gasteiger partial charge in [0.05, 0.1) is 5.60 Å². The van der Waals surface area contributed by atoms with E-state index in [0.717, 1.165) is 31.6 Å². The van der Waals surface area contributed by atoms with Crippen LogP contribution in [0.2, 0.25) is 0 Å². The van der Waals surface area contributed by atoms with Crippen molar-refractivity contribution in [3.8, 4) is 0 Å². The summed E-state index contributed by atoms with van der Waals surface area (Å²) in [5.74, 6) is 1.18. The molecule has 0 aromatic carbocycles. The molecule has 0 N–H and O–H groups in total. The first-order chi connectivity index (χ1) is 5.77. The SMILES string of the molecule is COC1(C2CC2)CCC(=O)CC1. The fourth-order valence-corrected chi connectivity index (χ4v) is 2.34. The predicted octanol–water partition coefficient (Wildman–Crippen LogP) is 1.92. The number of ether oxygens (including phenoxy) is 1. The first kappa shape index (κ1) is 8.24. The number of carbonyl (C=O) groups excluding carboxylic acids is 1. The van der Waals surface area contributed by atoms with Gasteiger partial charge in [-0.15, -0.1) is 0 Å². The van der Waals surface area contributed by atoms with E-state index in [0.29, 0.717) is 5.78 Å². The van der Waals surface area contributed by atoms with Crippen molar-refractivity contribution in [2.24, 2.45) is 5.92 Å². The molecule has 12 heavy (non-hydrogen) atoms. The third-order valence-corrected chi connectivity index (χ3v) is 3.38. The lowest BCUT2D eigenvalue weighted by Crippen LogP contribution is -2.38. The normalized spacial score (nSPS) is 28.9. The van der Waals surface area contributed by atoms with E-state index in [9.17, 15) is 4.79 Å². The zero-order chi connectivity index (χ0) is 8.60. The van der Waals surface area contributed by atoms with Crippen molar-refractivity contribution in [1.29, 1.82) is 0 Å². The van der Waals surface area contributed by atoms with Crippen LogP contribution in [-0.4, -0.2) is 18.5 Å². The number of ketones is 1. The van der Waals surface area contributed by atoms with E-state index >= 15 is 0 Å². The molecule has 0 radical (unpaired) electrons. The summed E-state index contributed by atoms with van der Waals surface area (Å²) >= 11 is 0. The first-order valence-electron chi connectivity index (χ1n) is 4.84. The maximum atomic E-state index is 11.1. The van der Waals surface area contributed by atoms with Gasteiger partial charge in [0.15, 0.2) is 0 Å². The van der Waals surface area contributed by atoms with Crippen molar-refractivity contribution in [1.82, 2.24) is 0 Å². The van der Waals surface area contributed by atoms with Crippen molar-refractivity contribution in [2.45, 2.75) is 44.1 Å². The van der Waals surface area contributed by atoms with Crippen molar-refractivity contribution in [3.05, 3.63) is 0 Å². The van der Waals surface area contributed by atoms with Crippen LogP contribution in [0.25, 0.3) is 0 Å². The van der Waals surface area contributed by atoms with Gasteiger partial charge in [-0.1, -0.05) is 0 Å². The Hall–Kier alpha value is -0.370. The van der Waals surface area contributed by atoms with E-state index in [2.05, 4.69) is 0 Å². The van der Waals surface area contributed by atoms with E-state index in [1.54, 1.807) is 7.11 Å². The van der Waals surface area contributed by atoms with Gasteiger partial charge in [-0.2, -0.15) is 0 Å². The number of hydrogen-bond acceptors (Lipinski definition) is 2. The van der Waals surface area contributed by atoms with Crippen LogP contribution in [0.5, 0.6) is 0 Å². The molecule has 2 rings (SSSR count). The molecule has 0 bridgehead atoms. The van der Waals surface area contributed by atoms with Crippen LogP contribution in [0.4, 0.5) is 0 Å². The molecule has 0 aromatic heterocycles. The number of carbonyl (C=O) groups is 1. The van der Waals surface area contributed by atoms with Gasteiger partial charge in [-0.25, -0.2) is 0 Å². The molecule has 68 valence electrons. The summed E-state index contributed by atoms with van der Waals surface area (Å²) in [6.45, 7) is 0. The second kappa shape index (κ2) is 2.84. The molecule has 0 aromatic rings. The summed E-state index contributed by atoms with van der Waals surface area (Å²) in [7, 11) is 1.80. The summed E-state index contributed by atoms with van der Waals surface area (Å²) in [4.78, 5) is 11.1. The molecule has 0 unspecified atom stereocenters. The van der Waals surface area contributed by atoms with Crippen LogP contribution in [-0.2, 0) is 9.53 Å². The van der Waals surface area contributed by atoms with Gasteiger partial charge in [0, 0.05) is 20.0 Å². The third-order valence-electron chi connectivity index (χ3n) is 3.38. The summed E-state index contributed by atoms with van der Waals surface area (Å²) in [5, 5.41) is 0. The van der Waals surface area contributed by atoms with E-state index in [-0.39, 0.29) is 5.60 Å². The molecule has 2 aliphatic rings. The van der Waals surface area contributed by atoms with Crippen molar-refractivity contribution < 1.29 is 9.53 Å². The van der Waals surface area contributed by atoms with Gasteiger partial charge >= 0.3 is 0 Å². The third kappa shape index (κ3) is 1.28. The van der Waals surface area contributed by atoms with Gasteiger partial charge in [-0.3, -0.25) is 4.79 Å². The van der Waals surface area contributed by atoms with Gasteiger partial charge in [0.1, 0.15) is 5.78 Å². The topological polar surface area (TPSA) is 26.3 Å². The van der Waals surface area contributed by atoms with Crippen LogP contribution in [0, 0.1) is 5.92 Å². The van der Waals surface area contributed by atoms with E-state index in [1.165, 1.54) is 12.8 Å². The zero-order valence-corrected chi connectivity index (χ0v) is 7.64. The Balaban J connectivity index is 2.02. The molecule has 2 saturated carbocycles. The van der Waals surface area contributed by atoms with Crippen LogP contribution in [0.1, 0.15) is 38.5 Å². The molecule has 2 aliphatic carbocycles. The molecule has 0 amide bonds. The summed E-state index contributed by atoms with van der Waals surface area (Å²) in [6, 6.07) is 0.